The van der Waals surface area contributed by atoms with Gasteiger partial charge in [-0.1, -0.05) is 23.2 Å². The number of esters is 2. The highest BCUT2D eigenvalue weighted by molar-refractivity contribution is 6.42. The molecule has 0 aliphatic heterocycles. The SMILES string of the molecule is CCOC(=O)c1c(COC(=O)c2cccnc2)nc2cc(Cl)c(Cl)cc2[n+]1[O-]. The Morgan fingerprint density at radius 3 is 2.61 bits per heavy atom. The van der Waals surface area contributed by atoms with E-state index in [-0.39, 0.29) is 38.9 Å². The highest BCUT2D eigenvalue weighted by atomic mass is 35.5. The van der Waals surface area contributed by atoms with E-state index >= 15 is 0 Å². The van der Waals surface area contributed by atoms with Gasteiger partial charge in [0.2, 0.25) is 5.52 Å². The molecule has 0 bridgehead atoms. The third-order valence-electron chi connectivity index (χ3n) is 3.67. The van der Waals surface area contributed by atoms with Gasteiger partial charge >= 0.3 is 17.6 Å². The Labute approximate surface area is 169 Å². The third-order valence-corrected chi connectivity index (χ3v) is 4.40. The van der Waals surface area contributed by atoms with Gasteiger partial charge < -0.3 is 14.7 Å². The van der Waals surface area contributed by atoms with Crippen molar-refractivity contribution in [2.75, 3.05) is 6.61 Å². The zero-order chi connectivity index (χ0) is 20.3. The molecule has 3 aromatic rings. The van der Waals surface area contributed by atoms with Crippen molar-refractivity contribution in [3.05, 3.63) is 68.9 Å². The molecule has 8 nitrogen and oxygen atoms in total. The molecule has 0 saturated heterocycles. The fourth-order valence-corrected chi connectivity index (χ4v) is 2.73. The van der Waals surface area contributed by atoms with Crippen molar-refractivity contribution in [1.29, 1.82) is 0 Å². The topological polar surface area (TPSA) is 105 Å². The van der Waals surface area contributed by atoms with E-state index in [2.05, 4.69) is 9.97 Å². The van der Waals surface area contributed by atoms with Crippen LogP contribution in [0.15, 0.2) is 36.7 Å². The first kappa shape index (κ1) is 19.8. The van der Waals surface area contributed by atoms with Crippen LogP contribution in [-0.4, -0.2) is 28.5 Å². The zero-order valence-electron chi connectivity index (χ0n) is 14.5. The predicted octanol–water partition coefficient (Wildman–Crippen LogP) is 3.10. The van der Waals surface area contributed by atoms with Crippen molar-refractivity contribution in [3.63, 3.8) is 0 Å². The first-order valence-corrected chi connectivity index (χ1v) is 8.83. The summed E-state index contributed by atoms with van der Waals surface area (Å²) in [7, 11) is 0. The number of rotatable bonds is 5. The Morgan fingerprint density at radius 1 is 1.18 bits per heavy atom. The molecule has 1 aromatic carbocycles. The molecule has 0 saturated carbocycles. The lowest BCUT2D eigenvalue weighted by molar-refractivity contribution is -0.581. The molecule has 0 atom stereocenters. The predicted molar refractivity (Wildman–Crippen MR) is 100 cm³/mol. The van der Waals surface area contributed by atoms with Gasteiger partial charge in [0.05, 0.1) is 22.2 Å². The summed E-state index contributed by atoms with van der Waals surface area (Å²) in [4.78, 5) is 32.5. The molecule has 0 spiro atoms. The highest BCUT2D eigenvalue weighted by Crippen LogP contribution is 2.26. The molecule has 2 heterocycles. The van der Waals surface area contributed by atoms with Crippen LogP contribution in [0.1, 0.15) is 33.5 Å². The quantitative estimate of drug-likeness (QED) is 0.353. The van der Waals surface area contributed by atoms with E-state index in [1.54, 1.807) is 13.0 Å². The highest BCUT2D eigenvalue weighted by Gasteiger charge is 2.29. The number of fused-ring (bicyclic) bond motifs is 1. The molecule has 0 amide bonds. The fourth-order valence-electron chi connectivity index (χ4n) is 2.42. The van der Waals surface area contributed by atoms with Gasteiger partial charge in [0.25, 0.3) is 0 Å². The van der Waals surface area contributed by atoms with Crippen molar-refractivity contribution in [3.8, 4) is 0 Å². The van der Waals surface area contributed by atoms with Gasteiger partial charge in [-0.3, -0.25) is 4.98 Å². The molecule has 2 aromatic heterocycles. The van der Waals surface area contributed by atoms with Crippen LogP contribution in [0.2, 0.25) is 10.0 Å². The number of hydrogen-bond acceptors (Lipinski definition) is 7. The van der Waals surface area contributed by atoms with E-state index in [0.29, 0.717) is 4.73 Å². The molecular weight excluding hydrogens is 409 g/mol. The van der Waals surface area contributed by atoms with E-state index < -0.39 is 24.2 Å². The van der Waals surface area contributed by atoms with Crippen LogP contribution in [0, 0.1) is 5.21 Å². The minimum Gasteiger partial charge on any atom is -0.618 e. The van der Waals surface area contributed by atoms with Gasteiger partial charge in [-0.05, 0) is 25.1 Å². The van der Waals surface area contributed by atoms with Gasteiger partial charge in [0.1, 0.15) is 12.1 Å². The molecule has 0 aliphatic rings. The Kier molecular flexibility index (Phi) is 5.91. The molecule has 10 heteroatoms. The second-order valence-electron chi connectivity index (χ2n) is 5.49. The number of aromatic nitrogens is 3. The number of nitrogens with zero attached hydrogens (tertiary/aromatic N) is 3. The molecule has 3 rings (SSSR count). The van der Waals surface area contributed by atoms with Crippen molar-refractivity contribution in [2.24, 2.45) is 0 Å². The Hall–Kier alpha value is -2.97. The molecule has 0 radical (unpaired) electrons. The maximum Gasteiger partial charge on any atom is 0.407 e. The maximum absolute atomic E-state index is 12.8. The van der Waals surface area contributed by atoms with Crippen LogP contribution in [0.3, 0.4) is 0 Å². The number of ether oxygens (including phenoxy) is 2. The summed E-state index contributed by atoms with van der Waals surface area (Å²) in [6.07, 6.45) is 2.84. The van der Waals surface area contributed by atoms with Crippen LogP contribution in [0.25, 0.3) is 11.0 Å². The van der Waals surface area contributed by atoms with E-state index in [4.69, 9.17) is 32.7 Å². The summed E-state index contributed by atoms with van der Waals surface area (Å²) in [5.41, 5.74) is -0.0428. The minimum absolute atomic E-state index is 0.0276. The Balaban J connectivity index is 2.03. The molecule has 0 unspecified atom stereocenters. The van der Waals surface area contributed by atoms with E-state index in [9.17, 15) is 14.8 Å². The van der Waals surface area contributed by atoms with Gasteiger partial charge in [-0.15, -0.1) is 0 Å². The van der Waals surface area contributed by atoms with E-state index in [0.717, 1.165) is 0 Å². The van der Waals surface area contributed by atoms with Crippen LogP contribution >= 0.6 is 23.2 Å². The number of halogens is 2. The van der Waals surface area contributed by atoms with Crippen LogP contribution < -0.4 is 4.73 Å². The standard InChI is InChI=1S/C18H13Cl2N3O5/c1-2-27-18(25)16-14(9-28-17(24)10-4-3-5-21-8-10)22-13-6-11(19)12(20)7-15(13)23(16)26/h3-8H,2,9H2,1H3. The molecule has 144 valence electrons. The van der Waals surface area contributed by atoms with Crippen molar-refractivity contribution in [1.82, 2.24) is 9.97 Å². The van der Waals surface area contributed by atoms with Gasteiger partial charge in [-0.2, -0.15) is 4.73 Å². The fraction of sp³-hybridized carbons (Fsp3) is 0.167. The maximum atomic E-state index is 12.8. The summed E-state index contributed by atoms with van der Waals surface area (Å²) >= 11 is 11.9. The van der Waals surface area contributed by atoms with Crippen molar-refractivity contribution < 1.29 is 23.8 Å². The summed E-state index contributed by atoms with van der Waals surface area (Å²) in [6, 6.07) is 5.78. The smallest absolute Gasteiger partial charge is 0.407 e. The zero-order valence-corrected chi connectivity index (χ0v) is 16.0. The Morgan fingerprint density at radius 2 is 1.93 bits per heavy atom. The van der Waals surface area contributed by atoms with Crippen LogP contribution in [0.4, 0.5) is 0 Å². The lowest BCUT2D eigenvalue weighted by Crippen LogP contribution is -2.39. The van der Waals surface area contributed by atoms with Gasteiger partial charge in [0.15, 0.2) is 5.69 Å². The number of hydrogen-bond donors (Lipinski definition) is 0. The molecule has 28 heavy (non-hydrogen) atoms. The minimum atomic E-state index is -0.898. The summed E-state index contributed by atoms with van der Waals surface area (Å²) in [5, 5.41) is 13.1. The molecule has 0 aliphatic carbocycles. The van der Waals surface area contributed by atoms with Crippen molar-refractivity contribution in [2.45, 2.75) is 13.5 Å². The lowest BCUT2D eigenvalue weighted by Gasteiger charge is -2.12. The first-order valence-electron chi connectivity index (χ1n) is 8.07. The molecule has 0 N–H and O–H groups in total. The second-order valence-corrected chi connectivity index (χ2v) is 6.31. The van der Waals surface area contributed by atoms with Crippen LogP contribution in [0.5, 0.6) is 0 Å². The monoisotopic (exact) mass is 421 g/mol. The summed E-state index contributed by atoms with van der Waals surface area (Å²) in [5.74, 6) is -1.58. The number of benzene rings is 1. The Bertz CT molecular complexity index is 1060. The number of pyridine rings is 1. The normalized spacial score (nSPS) is 10.7. The first-order chi connectivity index (χ1) is 13.4. The average molecular weight is 422 g/mol. The van der Waals surface area contributed by atoms with Gasteiger partial charge in [0, 0.05) is 18.5 Å². The molecule has 0 fully saturated rings. The third kappa shape index (κ3) is 3.97. The summed E-state index contributed by atoms with van der Waals surface area (Å²) < 4.78 is 10.5. The average Bonchev–Trinajstić information content (AvgIpc) is 2.68. The number of carbonyl (C=O) groups is 2. The largest absolute Gasteiger partial charge is 0.618 e. The van der Waals surface area contributed by atoms with Crippen LogP contribution in [-0.2, 0) is 16.1 Å². The second kappa shape index (κ2) is 8.37. The summed E-state index contributed by atoms with van der Waals surface area (Å²) in [6.45, 7) is 1.22. The van der Waals surface area contributed by atoms with Gasteiger partial charge in [-0.25, -0.2) is 14.6 Å². The van der Waals surface area contributed by atoms with Crippen molar-refractivity contribution >= 4 is 46.2 Å². The lowest BCUT2D eigenvalue weighted by atomic mass is 10.2. The van der Waals surface area contributed by atoms with E-state index in [1.807, 2.05) is 0 Å². The number of carbonyl (C=O) groups excluding carboxylic acids is 2. The molecular formula is C18H13Cl2N3O5. The van der Waals surface area contributed by atoms with E-state index in [1.165, 1.54) is 30.6 Å².